The zero-order chi connectivity index (χ0) is 26.8. The molecule has 209 valence electrons. The van der Waals surface area contributed by atoms with Crippen LogP contribution in [0.2, 0.25) is 0 Å². The molecule has 0 bridgehead atoms. The number of anilines is 2. The minimum absolute atomic E-state index is 0. The molecule has 7 nitrogen and oxygen atoms in total. The second-order valence-electron chi connectivity index (χ2n) is 9.39. The molecule has 0 spiro atoms. The molecule has 37 heavy (non-hydrogen) atoms. The zero-order valence-corrected chi connectivity index (χ0v) is 26.4. The first-order valence-corrected chi connectivity index (χ1v) is 13.1. The van der Waals surface area contributed by atoms with Gasteiger partial charge in [-0.3, -0.25) is 9.59 Å². The van der Waals surface area contributed by atoms with Crippen molar-refractivity contribution in [2.75, 3.05) is 78.3 Å². The summed E-state index contributed by atoms with van der Waals surface area (Å²) in [6, 6.07) is 15.2. The van der Waals surface area contributed by atoms with Crippen LogP contribution in [0.3, 0.4) is 0 Å². The van der Waals surface area contributed by atoms with E-state index >= 15 is 0 Å². The fourth-order valence-corrected chi connectivity index (χ4v) is 4.21. The van der Waals surface area contributed by atoms with E-state index in [0.29, 0.717) is 37.3 Å². The molecule has 10 heteroatoms. The zero-order valence-electron chi connectivity index (χ0n) is 22.6. The minimum atomic E-state index is -0.427. The van der Waals surface area contributed by atoms with Gasteiger partial charge in [-0.1, -0.05) is 0 Å². The molecule has 0 fully saturated rings. The molecule has 0 saturated heterocycles. The molecular formula is C27H39AuN5O2S2-2. The van der Waals surface area contributed by atoms with Crippen molar-refractivity contribution in [1.29, 1.82) is 0 Å². The van der Waals surface area contributed by atoms with Crippen LogP contribution >= 0.6 is 0 Å². The molecule has 2 aromatic carbocycles. The largest absolute Gasteiger partial charge is 0.800 e. The Balaban J connectivity index is 0.00000684. The fraction of sp³-hybridized carbons (Fsp3) is 0.481. The molecule has 0 saturated carbocycles. The van der Waals surface area contributed by atoms with Crippen LogP contribution in [0.15, 0.2) is 48.5 Å². The first-order valence-electron chi connectivity index (χ1n) is 12.1. The molecule has 0 aliphatic rings. The summed E-state index contributed by atoms with van der Waals surface area (Å²) in [5.41, 5.74) is 3.46. The van der Waals surface area contributed by atoms with Crippen LogP contribution in [0, 0.1) is 0 Å². The van der Waals surface area contributed by atoms with Gasteiger partial charge in [-0.15, -0.1) is 0 Å². The van der Waals surface area contributed by atoms with E-state index < -0.39 is 4.71 Å². The second kappa shape index (κ2) is 16.4. The number of hydrogen-bond acceptors (Lipinski definition) is 7. The van der Waals surface area contributed by atoms with E-state index in [1.165, 1.54) is 0 Å². The van der Waals surface area contributed by atoms with E-state index in [-0.39, 0.29) is 34.2 Å². The summed E-state index contributed by atoms with van der Waals surface area (Å²) >= 11 is 10.7. The summed E-state index contributed by atoms with van der Waals surface area (Å²) in [5.74, 6) is -0.00203. The molecule has 1 radical (unpaired) electrons. The quantitative estimate of drug-likeness (QED) is 0.233. The van der Waals surface area contributed by atoms with E-state index in [9.17, 15) is 9.59 Å². The first-order chi connectivity index (χ1) is 17.0. The van der Waals surface area contributed by atoms with E-state index in [0.717, 1.165) is 24.2 Å². The predicted octanol–water partition coefficient (Wildman–Crippen LogP) is 3.12. The summed E-state index contributed by atoms with van der Waals surface area (Å²) < 4.78 is -0.427. The summed E-state index contributed by atoms with van der Waals surface area (Å²) in [7, 11) is 11.5. The van der Waals surface area contributed by atoms with Gasteiger partial charge in [-0.25, -0.2) is 4.71 Å². The Kier molecular flexibility index (Phi) is 14.8. The number of amides is 2. The molecule has 0 N–H and O–H groups in total. The summed E-state index contributed by atoms with van der Waals surface area (Å²) in [4.78, 5) is 35.0. The molecule has 2 amide bonds. The SMILES string of the molecule is CN(CCCN(CCCN(C)C(=O)c1ccc(N(C)C)cc1)C([S-])[S-])C(=O)c1ccc(N(C)C)cc1.[Au]. The van der Waals surface area contributed by atoms with Gasteiger partial charge in [0.25, 0.3) is 11.8 Å². The average Bonchev–Trinajstić information content (AvgIpc) is 2.86. The van der Waals surface area contributed by atoms with E-state index in [2.05, 4.69) is 4.90 Å². The Morgan fingerprint density at radius 1 is 0.622 bits per heavy atom. The van der Waals surface area contributed by atoms with Crippen LogP contribution in [0.1, 0.15) is 33.6 Å². The summed E-state index contributed by atoms with van der Waals surface area (Å²) in [5, 5.41) is 0. The molecule has 0 aromatic heterocycles. The summed E-state index contributed by atoms with van der Waals surface area (Å²) in [6.45, 7) is 2.64. The Morgan fingerprint density at radius 2 is 0.946 bits per heavy atom. The maximum atomic E-state index is 12.7. The van der Waals surface area contributed by atoms with Gasteiger partial charge in [-0.05, 0) is 74.5 Å². The van der Waals surface area contributed by atoms with Crippen molar-refractivity contribution < 1.29 is 32.0 Å². The van der Waals surface area contributed by atoms with Gasteiger partial charge < -0.3 is 49.8 Å². The minimum Gasteiger partial charge on any atom is -0.800 e. The van der Waals surface area contributed by atoms with E-state index in [1.54, 1.807) is 9.80 Å². The number of carbonyl (C=O) groups excluding carboxylic acids is 2. The molecule has 0 aliphatic heterocycles. The van der Waals surface area contributed by atoms with Crippen LogP contribution < -0.4 is 9.80 Å². The van der Waals surface area contributed by atoms with Crippen LogP contribution in [-0.2, 0) is 47.6 Å². The normalized spacial score (nSPS) is 10.8. The third-order valence-corrected chi connectivity index (χ3v) is 6.73. The van der Waals surface area contributed by atoms with Crippen molar-refractivity contribution in [1.82, 2.24) is 14.7 Å². The summed E-state index contributed by atoms with van der Waals surface area (Å²) in [6.07, 6.45) is 1.55. The average molecular weight is 727 g/mol. The monoisotopic (exact) mass is 726 g/mol. The standard InChI is InChI=1S/C27H41N5O2S2.Au/c1-28(2)23-13-9-21(10-14-23)25(33)30(5)17-7-19-32(27(35)36)20-8-18-31(6)26(34)22-11-15-24(16-12-22)29(3)4;/h9-16,27,35-36H,7-8,17-20H2,1-6H3;/p-2. The van der Waals surface area contributed by atoms with Crippen molar-refractivity contribution in [3.63, 3.8) is 0 Å². The van der Waals surface area contributed by atoms with Gasteiger partial charge in [0.1, 0.15) is 0 Å². The third kappa shape index (κ3) is 10.6. The van der Waals surface area contributed by atoms with Crippen LogP contribution in [0.25, 0.3) is 0 Å². The molecule has 0 atom stereocenters. The second-order valence-corrected chi connectivity index (χ2v) is 10.6. The molecule has 0 heterocycles. The van der Waals surface area contributed by atoms with Crippen molar-refractivity contribution in [2.24, 2.45) is 0 Å². The molecule has 0 aliphatic carbocycles. The van der Waals surface area contributed by atoms with Crippen LogP contribution in [-0.4, -0.2) is 99.7 Å². The van der Waals surface area contributed by atoms with Crippen molar-refractivity contribution in [3.05, 3.63) is 59.7 Å². The Hall–Kier alpha value is -1.62. The Bertz CT molecular complexity index is 896. The third-order valence-electron chi connectivity index (χ3n) is 6.13. The van der Waals surface area contributed by atoms with Gasteiger partial charge in [-0.2, -0.15) is 0 Å². The number of hydrogen-bond donors (Lipinski definition) is 0. The van der Waals surface area contributed by atoms with Gasteiger partial charge >= 0.3 is 0 Å². The van der Waals surface area contributed by atoms with Crippen LogP contribution in [0.4, 0.5) is 11.4 Å². The van der Waals surface area contributed by atoms with Gasteiger partial charge in [0.15, 0.2) is 0 Å². The number of carbonyl (C=O) groups is 2. The van der Waals surface area contributed by atoms with Gasteiger partial charge in [0, 0.05) is 100 Å². The Morgan fingerprint density at radius 3 is 1.22 bits per heavy atom. The molecule has 0 unspecified atom stereocenters. The number of nitrogens with zero attached hydrogens (tertiary/aromatic N) is 5. The van der Waals surface area contributed by atoms with E-state index in [1.807, 2.05) is 101 Å². The Labute approximate surface area is 249 Å². The van der Waals surface area contributed by atoms with Crippen molar-refractivity contribution >= 4 is 48.4 Å². The smallest absolute Gasteiger partial charge is 0.253 e. The van der Waals surface area contributed by atoms with E-state index in [4.69, 9.17) is 25.3 Å². The van der Waals surface area contributed by atoms with Crippen molar-refractivity contribution in [3.8, 4) is 0 Å². The predicted molar refractivity (Wildman–Crippen MR) is 155 cm³/mol. The van der Waals surface area contributed by atoms with Gasteiger partial charge in [0.05, 0.1) is 0 Å². The molecular weight excluding hydrogens is 687 g/mol. The molecule has 2 aromatic rings. The molecule has 2 rings (SSSR count). The number of rotatable bonds is 13. The van der Waals surface area contributed by atoms with Gasteiger partial charge in [0.2, 0.25) is 0 Å². The number of benzene rings is 2. The van der Waals surface area contributed by atoms with Crippen molar-refractivity contribution in [2.45, 2.75) is 17.5 Å². The maximum Gasteiger partial charge on any atom is 0.253 e. The topological polar surface area (TPSA) is 50.3 Å². The first kappa shape index (κ1) is 33.4. The fourth-order valence-electron chi connectivity index (χ4n) is 3.79. The maximum absolute atomic E-state index is 12.7. The van der Waals surface area contributed by atoms with Crippen LogP contribution in [0.5, 0.6) is 0 Å².